The van der Waals surface area contributed by atoms with Gasteiger partial charge in [-0.1, -0.05) is 129 Å². The molecule has 0 spiro atoms. The fourth-order valence-electron chi connectivity index (χ4n) is 6.94. The molecule has 0 aliphatic carbocycles. The minimum Gasteiger partial charge on any atom is -0.308 e. The van der Waals surface area contributed by atoms with Crippen LogP contribution in [0.25, 0.3) is 32.6 Å². The molecule has 0 bridgehead atoms. The van der Waals surface area contributed by atoms with Crippen LogP contribution in [0.2, 0.25) is 0 Å². The predicted octanol–water partition coefficient (Wildman–Crippen LogP) is 12.0. The van der Waals surface area contributed by atoms with E-state index < -0.39 is 0 Å². The summed E-state index contributed by atoms with van der Waals surface area (Å²) in [6.45, 7) is 5.95. The van der Waals surface area contributed by atoms with Gasteiger partial charge < -0.3 is 9.13 Å². The maximum atomic E-state index is 14.1. The van der Waals surface area contributed by atoms with Crippen molar-refractivity contribution >= 4 is 77.8 Å². The highest BCUT2D eigenvalue weighted by Gasteiger charge is 2.21. The fraction of sp³-hybridized carbons (Fsp3) is 0.632. The lowest BCUT2D eigenvalue weighted by atomic mass is 9.99. The van der Waals surface area contributed by atoms with E-state index >= 15 is 0 Å². The Morgan fingerprint density at radius 1 is 0.455 bits per heavy atom. The molecule has 0 saturated heterocycles. The Labute approximate surface area is 292 Å². The predicted molar refractivity (Wildman–Crippen MR) is 208 cm³/mol. The van der Waals surface area contributed by atoms with Crippen molar-refractivity contribution < 1.29 is 0 Å². The van der Waals surface area contributed by atoms with Crippen molar-refractivity contribution in [2.24, 2.45) is 0 Å². The van der Waals surface area contributed by atoms with Crippen molar-refractivity contribution in [3.05, 3.63) is 52.1 Å². The summed E-state index contributed by atoms with van der Waals surface area (Å²) in [5, 5.41) is 3.47. The average Bonchev–Trinajstić information content (AvgIpc) is 3.01. The molecule has 0 saturated carbocycles. The minimum atomic E-state index is 0.0874. The normalized spacial score (nSPS) is 12.0. The van der Waals surface area contributed by atoms with E-state index in [0.29, 0.717) is 13.1 Å². The van der Waals surface area contributed by atoms with Gasteiger partial charge in [0.25, 0.3) is 11.1 Å². The highest BCUT2D eigenvalue weighted by Crippen LogP contribution is 2.34. The number of aromatic nitrogens is 2. The van der Waals surface area contributed by atoms with Crippen molar-refractivity contribution in [1.82, 2.24) is 9.13 Å². The van der Waals surface area contributed by atoms with E-state index in [1.165, 1.54) is 103 Å². The molecule has 0 radical (unpaired) electrons. The third kappa shape index (κ3) is 9.45. The summed E-state index contributed by atoms with van der Waals surface area (Å²) in [4.78, 5) is 28.1. The number of aryl methyl sites for hydroxylation is 2. The van der Waals surface area contributed by atoms with Gasteiger partial charge in [0.2, 0.25) is 0 Å². The third-order valence-electron chi connectivity index (χ3n) is 9.42. The number of rotatable bonds is 22. The van der Waals surface area contributed by atoms with Crippen LogP contribution in [0.4, 0.5) is 0 Å². The Morgan fingerprint density at radius 3 is 1.07 bits per heavy atom. The average molecular weight is 825 g/mol. The molecule has 0 aliphatic rings. The molecule has 4 aromatic rings. The van der Waals surface area contributed by atoms with Gasteiger partial charge in [0, 0.05) is 31.0 Å². The van der Waals surface area contributed by atoms with Crippen molar-refractivity contribution in [2.75, 3.05) is 0 Å². The van der Waals surface area contributed by atoms with Crippen molar-refractivity contribution in [2.45, 2.75) is 155 Å². The van der Waals surface area contributed by atoms with Crippen LogP contribution in [0.5, 0.6) is 0 Å². The Morgan fingerprint density at radius 2 is 0.750 bits per heavy atom. The van der Waals surface area contributed by atoms with Crippen molar-refractivity contribution in [3.63, 3.8) is 0 Å². The second-order valence-corrected chi connectivity index (χ2v) is 15.5. The fourth-order valence-corrected chi connectivity index (χ4v) is 8.15. The largest absolute Gasteiger partial charge is 0.308 e. The van der Waals surface area contributed by atoms with Gasteiger partial charge in [0.05, 0.1) is 21.8 Å². The van der Waals surface area contributed by atoms with Crippen LogP contribution < -0.4 is 11.1 Å². The van der Waals surface area contributed by atoms with Gasteiger partial charge in [0.1, 0.15) is 0 Å². The van der Waals surface area contributed by atoms with Crippen LogP contribution in [0.3, 0.4) is 0 Å². The number of unbranched alkanes of at least 4 members (excludes halogenated alkanes) is 18. The summed E-state index contributed by atoms with van der Waals surface area (Å²) < 4.78 is 5.97. The molecule has 0 amide bonds. The van der Waals surface area contributed by atoms with Gasteiger partial charge in [-0.25, -0.2) is 0 Å². The van der Waals surface area contributed by atoms with Crippen LogP contribution in [0.1, 0.15) is 142 Å². The Hall–Kier alpha value is -1.16. The summed E-state index contributed by atoms with van der Waals surface area (Å²) in [6, 6.07) is 8.30. The molecular weight excluding hydrogens is 770 g/mol. The SMILES string of the molecule is CCCCCCCCCCCCn1c(=O)c2cc(I)cc3c2c2c(cc(I)cc21)c(=O)n3CCCCCCCCCCCC. The zero-order chi connectivity index (χ0) is 31.3. The van der Waals surface area contributed by atoms with Crippen LogP contribution in [-0.2, 0) is 13.1 Å². The highest BCUT2D eigenvalue weighted by atomic mass is 127. The standard InChI is InChI=1S/C38H54I2N2O2/c1-3-5-7-9-11-13-15-17-19-21-23-41-33-27-29(39)26-32-35(33)36-31(37(41)43)25-30(40)28-34(36)42(38(32)44)24-22-20-18-16-14-12-10-8-6-4-2/h25-28H,3-24H2,1-2H3. The first-order valence-corrected chi connectivity index (χ1v) is 19.9. The number of hydrogen-bond acceptors (Lipinski definition) is 2. The molecule has 0 fully saturated rings. The lowest BCUT2D eigenvalue weighted by Crippen LogP contribution is -2.26. The number of hydrogen-bond donors (Lipinski definition) is 0. The van der Waals surface area contributed by atoms with Gasteiger partial charge >= 0.3 is 0 Å². The summed E-state index contributed by atoms with van der Waals surface area (Å²) in [7, 11) is 0. The summed E-state index contributed by atoms with van der Waals surface area (Å²) >= 11 is 4.63. The van der Waals surface area contributed by atoms with E-state index in [0.717, 1.165) is 65.4 Å². The first kappa shape index (κ1) is 35.7. The van der Waals surface area contributed by atoms with E-state index in [1.54, 1.807) is 0 Å². The van der Waals surface area contributed by atoms with E-state index in [1.807, 2.05) is 21.3 Å². The Bertz CT molecular complexity index is 1450. The molecule has 44 heavy (non-hydrogen) atoms. The lowest BCUT2D eigenvalue weighted by molar-refractivity contribution is 0.535. The molecular formula is C38H54I2N2O2. The van der Waals surface area contributed by atoms with Crippen LogP contribution in [0.15, 0.2) is 33.9 Å². The van der Waals surface area contributed by atoms with Crippen molar-refractivity contribution in [3.8, 4) is 0 Å². The highest BCUT2D eigenvalue weighted by molar-refractivity contribution is 14.1. The van der Waals surface area contributed by atoms with E-state index in [4.69, 9.17) is 0 Å². The molecule has 2 aromatic heterocycles. The first-order chi connectivity index (χ1) is 21.5. The quantitative estimate of drug-likeness (QED) is 0.0450. The first-order valence-electron chi connectivity index (χ1n) is 17.8. The Kier molecular flexibility index (Phi) is 15.3. The van der Waals surface area contributed by atoms with Gasteiger partial charge in [-0.05, 0) is 82.3 Å². The van der Waals surface area contributed by atoms with Crippen molar-refractivity contribution in [1.29, 1.82) is 0 Å². The number of benzene rings is 2. The monoisotopic (exact) mass is 824 g/mol. The molecule has 2 heterocycles. The second kappa shape index (κ2) is 18.9. The smallest absolute Gasteiger partial charge is 0.259 e. The molecule has 4 rings (SSSR count). The van der Waals surface area contributed by atoms with Gasteiger partial charge in [-0.15, -0.1) is 0 Å². The molecule has 0 aliphatic heterocycles. The summed E-state index contributed by atoms with van der Waals surface area (Å²) in [5.74, 6) is 0. The second-order valence-electron chi connectivity index (χ2n) is 13.0. The maximum absolute atomic E-state index is 14.1. The van der Waals surface area contributed by atoms with E-state index in [2.05, 4.69) is 71.2 Å². The molecule has 0 atom stereocenters. The molecule has 6 heteroatoms. The molecule has 0 N–H and O–H groups in total. The van der Waals surface area contributed by atoms with E-state index in [9.17, 15) is 9.59 Å². The lowest BCUT2D eigenvalue weighted by Gasteiger charge is -2.20. The number of halogens is 2. The minimum absolute atomic E-state index is 0.0874. The topological polar surface area (TPSA) is 44.0 Å². The molecule has 0 unspecified atom stereocenters. The number of pyridine rings is 2. The van der Waals surface area contributed by atoms with Gasteiger partial charge in [-0.2, -0.15) is 0 Å². The van der Waals surface area contributed by atoms with Crippen LogP contribution in [-0.4, -0.2) is 9.13 Å². The molecule has 242 valence electrons. The summed E-state index contributed by atoms with van der Waals surface area (Å²) in [5.41, 5.74) is 2.03. The summed E-state index contributed by atoms with van der Waals surface area (Å²) in [6.07, 6.45) is 25.4. The molecule has 2 aromatic carbocycles. The van der Waals surface area contributed by atoms with Gasteiger partial charge in [0.15, 0.2) is 0 Å². The Balaban J connectivity index is 1.49. The zero-order valence-electron chi connectivity index (χ0n) is 27.3. The third-order valence-corrected chi connectivity index (χ3v) is 10.7. The van der Waals surface area contributed by atoms with Gasteiger partial charge in [-0.3, -0.25) is 9.59 Å². The maximum Gasteiger partial charge on any atom is 0.259 e. The zero-order valence-corrected chi connectivity index (χ0v) is 31.6. The molecule has 4 nitrogen and oxygen atoms in total. The van der Waals surface area contributed by atoms with Crippen LogP contribution in [0, 0.1) is 7.14 Å². The van der Waals surface area contributed by atoms with Crippen LogP contribution >= 0.6 is 45.2 Å². The van der Waals surface area contributed by atoms with E-state index in [-0.39, 0.29) is 11.1 Å². The number of nitrogens with zero attached hydrogens (tertiary/aromatic N) is 2.